The Morgan fingerprint density at radius 1 is 0.972 bits per heavy atom. The second-order valence-electron chi connectivity index (χ2n) is 8.75. The van der Waals surface area contributed by atoms with Gasteiger partial charge >= 0.3 is 0 Å². The molecular weight excluding hydrogens is 501 g/mol. The third kappa shape index (κ3) is 6.45. The summed E-state index contributed by atoms with van der Waals surface area (Å²) in [5, 5.41) is 3.70. The van der Waals surface area contributed by atoms with Gasteiger partial charge in [0, 0.05) is 26.1 Å². The molecule has 7 nitrogen and oxygen atoms in total. The normalized spacial score (nSPS) is 13.5. The van der Waals surface area contributed by atoms with E-state index in [0.717, 1.165) is 18.4 Å². The van der Waals surface area contributed by atoms with Crippen LogP contribution in [0.4, 0.5) is 0 Å². The zero-order valence-corrected chi connectivity index (χ0v) is 22.1. The molecule has 192 valence electrons. The molecule has 0 unspecified atom stereocenters. The summed E-state index contributed by atoms with van der Waals surface area (Å²) in [5.41, 5.74) is 1.51. The fraction of sp³-hybridized carbons (Fsp3) is 0.407. The van der Waals surface area contributed by atoms with Gasteiger partial charge in [0.05, 0.1) is 21.2 Å². The van der Waals surface area contributed by atoms with Gasteiger partial charge < -0.3 is 10.2 Å². The van der Waals surface area contributed by atoms with E-state index in [4.69, 9.17) is 23.2 Å². The summed E-state index contributed by atoms with van der Waals surface area (Å²) in [6.07, 6.45) is 2.59. The summed E-state index contributed by atoms with van der Waals surface area (Å²) in [6.45, 7) is 4.75. The monoisotopic (exact) mass is 531 g/mol. The van der Waals surface area contributed by atoms with Gasteiger partial charge in [-0.2, -0.15) is 0 Å². The van der Waals surface area contributed by atoms with Crippen molar-refractivity contribution in [3.63, 3.8) is 0 Å². The van der Waals surface area contributed by atoms with E-state index in [-0.39, 0.29) is 49.6 Å². The van der Waals surface area contributed by atoms with Crippen molar-refractivity contribution in [2.45, 2.75) is 58.5 Å². The number of carbonyl (C=O) groups is 4. The average molecular weight is 532 g/mol. The molecule has 1 N–H and O–H groups in total. The maximum absolute atomic E-state index is 13.4. The number of fused-ring (bicyclic) bond motifs is 1. The highest BCUT2D eigenvalue weighted by Crippen LogP contribution is 2.25. The van der Waals surface area contributed by atoms with Crippen LogP contribution in [-0.2, 0) is 16.1 Å². The average Bonchev–Trinajstić information content (AvgIpc) is 3.11. The maximum atomic E-state index is 13.4. The predicted octanol–water partition coefficient (Wildman–Crippen LogP) is 5.09. The molecule has 0 fully saturated rings. The molecule has 0 aromatic heterocycles. The molecule has 2 aromatic carbocycles. The Bertz CT molecular complexity index is 1100. The van der Waals surface area contributed by atoms with Gasteiger partial charge in [-0.1, -0.05) is 61.7 Å². The molecule has 36 heavy (non-hydrogen) atoms. The van der Waals surface area contributed by atoms with Crippen molar-refractivity contribution in [3.05, 3.63) is 69.2 Å². The highest BCUT2D eigenvalue weighted by molar-refractivity contribution is 6.42. The molecule has 0 radical (unpaired) electrons. The minimum absolute atomic E-state index is 0.0769. The lowest BCUT2D eigenvalue weighted by Crippen LogP contribution is -2.49. The SMILES string of the molecule is CCCCNC(=O)[C@@H](CC)N(Cc1ccc(Cl)c(Cl)c1)C(=O)CCCN1C(=O)c2ccccc2C1=O. The van der Waals surface area contributed by atoms with Gasteiger partial charge in [0.1, 0.15) is 6.04 Å². The van der Waals surface area contributed by atoms with Crippen LogP contribution in [0.5, 0.6) is 0 Å². The van der Waals surface area contributed by atoms with Crippen LogP contribution in [0.2, 0.25) is 10.0 Å². The van der Waals surface area contributed by atoms with Crippen molar-refractivity contribution >= 4 is 46.8 Å². The molecular formula is C27H31Cl2N3O4. The quantitative estimate of drug-likeness (QED) is 0.305. The van der Waals surface area contributed by atoms with Crippen LogP contribution < -0.4 is 5.32 Å². The van der Waals surface area contributed by atoms with E-state index in [2.05, 4.69) is 5.32 Å². The number of benzene rings is 2. The molecule has 1 heterocycles. The van der Waals surface area contributed by atoms with Crippen LogP contribution in [0.1, 0.15) is 72.2 Å². The first kappa shape index (κ1) is 27.7. The molecule has 1 aliphatic heterocycles. The molecule has 0 saturated heterocycles. The molecule has 0 bridgehead atoms. The third-order valence-corrected chi connectivity index (χ3v) is 6.94. The van der Waals surface area contributed by atoms with Crippen LogP contribution in [-0.4, -0.2) is 52.6 Å². The van der Waals surface area contributed by atoms with Crippen molar-refractivity contribution in [3.8, 4) is 0 Å². The third-order valence-electron chi connectivity index (χ3n) is 6.20. The number of imide groups is 1. The van der Waals surface area contributed by atoms with E-state index < -0.39 is 6.04 Å². The lowest BCUT2D eigenvalue weighted by atomic mass is 10.1. The van der Waals surface area contributed by atoms with Crippen molar-refractivity contribution in [1.82, 2.24) is 15.1 Å². The van der Waals surface area contributed by atoms with E-state index in [0.29, 0.717) is 34.1 Å². The Kier molecular flexibility index (Phi) is 9.90. The van der Waals surface area contributed by atoms with Crippen molar-refractivity contribution in [2.24, 2.45) is 0 Å². The van der Waals surface area contributed by atoms with Gasteiger partial charge in [0.2, 0.25) is 11.8 Å². The number of unbranched alkanes of at least 4 members (excludes halogenated alkanes) is 1. The van der Waals surface area contributed by atoms with Gasteiger partial charge in [0.25, 0.3) is 11.8 Å². The van der Waals surface area contributed by atoms with Gasteiger partial charge in [-0.15, -0.1) is 0 Å². The first-order chi connectivity index (χ1) is 17.3. The lowest BCUT2D eigenvalue weighted by Gasteiger charge is -2.31. The minimum Gasteiger partial charge on any atom is -0.354 e. The number of amides is 4. The van der Waals surface area contributed by atoms with E-state index >= 15 is 0 Å². The maximum Gasteiger partial charge on any atom is 0.261 e. The van der Waals surface area contributed by atoms with E-state index in [1.54, 1.807) is 47.4 Å². The van der Waals surface area contributed by atoms with Gasteiger partial charge in [0.15, 0.2) is 0 Å². The topological polar surface area (TPSA) is 86.8 Å². The van der Waals surface area contributed by atoms with Crippen LogP contribution in [0.25, 0.3) is 0 Å². The summed E-state index contributed by atoms with van der Waals surface area (Å²) in [5.74, 6) is -1.15. The number of hydrogen-bond acceptors (Lipinski definition) is 4. The van der Waals surface area contributed by atoms with Gasteiger partial charge in [-0.25, -0.2) is 0 Å². The second kappa shape index (κ2) is 12.9. The highest BCUT2D eigenvalue weighted by atomic mass is 35.5. The van der Waals surface area contributed by atoms with Crippen LogP contribution in [0.3, 0.4) is 0 Å². The number of nitrogens with one attached hydrogen (secondary N) is 1. The van der Waals surface area contributed by atoms with Crippen LogP contribution in [0.15, 0.2) is 42.5 Å². The number of nitrogens with zero attached hydrogens (tertiary/aromatic N) is 2. The minimum atomic E-state index is -0.664. The molecule has 0 aliphatic carbocycles. The van der Waals surface area contributed by atoms with Gasteiger partial charge in [-0.05, 0) is 49.1 Å². The van der Waals surface area contributed by atoms with E-state index in [1.807, 2.05) is 13.8 Å². The van der Waals surface area contributed by atoms with Crippen molar-refractivity contribution in [1.29, 1.82) is 0 Å². The molecule has 4 amide bonds. The Morgan fingerprint density at radius 3 is 2.22 bits per heavy atom. The molecule has 0 spiro atoms. The predicted molar refractivity (Wildman–Crippen MR) is 140 cm³/mol. The van der Waals surface area contributed by atoms with E-state index in [9.17, 15) is 19.2 Å². The Morgan fingerprint density at radius 2 is 1.64 bits per heavy atom. The molecule has 9 heteroatoms. The van der Waals surface area contributed by atoms with Crippen LogP contribution in [0, 0.1) is 0 Å². The van der Waals surface area contributed by atoms with Gasteiger partial charge in [-0.3, -0.25) is 24.1 Å². The summed E-state index contributed by atoms with van der Waals surface area (Å²) < 4.78 is 0. The Balaban J connectivity index is 1.71. The molecule has 0 saturated carbocycles. The zero-order valence-electron chi connectivity index (χ0n) is 20.6. The first-order valence-corrected chi connectivity index (χ1v) is 13.0. The standard InChI is InChI=1S/C27H31Cl2N3O4/c1-3-5-14-30-25(34)23(4-2)32(17-18-12-13-21(28)22(29)16-18)24(33)11-8-15-31-26(35)19-9-6-7-10-20(19)27(31)36/h6-7,9-10,12-13,16,23H,3-5,8,11,14-15,17H2,1-2H3,(H,30,34)/t23-/m1/s1. The Labute approximate surface area is 221 Å². The molecule has 1 atom stereocenters. The number of rotatable bonds is 12. The summed E-state index contributed by atoms with van der Waals surface area (Å²) in [7, 11) is 0. The van der Waals surface area contributed by atoms with E-state index in [1.165, 1.54) is 4.90 Å². The largest absolute Gasteiger partial charge is 0.354 e. The fourth-order valence-corrected chi connectivity index (χ4v) is 4.56. The van der Waals surface area contributed by atoms with Crippen molar-refractivity contribution < 1.29 is 19.2 Å². The van der Waals surface area contributed by atoms with Crippen LogP contribution >= 0.6 is 23.2 Å². The molecule has 1 aliphatic rings. The zero-order chi connectivity index (χ0) is 26.2. The number of carbonyl (C=O) groups excluding carboxylic acids is 4. The number of hydrogen-bond donors (Lipinski definition) is 1. The summed E-state index contributed by atoms with van der Waals surface area (Å²) >= 11 is 12.2. The summed E-state index contributed by atoms with van der Waals surface area (Å²) in [4.78, 5) is 54.3. The smallest absolute Gasteiger partial charge is 0.261 e. The molecule has 2 aromatic rings. The number of halogens is 2. The van der Waals surface area contributed by atoms with Crippen molar-refractivity contribution in [2.75, 3.05) is 13.1 Å². The molecule has 3 rings (SSSR count). The summed E-state index contributed by atoms with van der Waals surface area (Å²) in [6, 6.07) is 11.1. The Hall–Kier alpha value is -2.90. The fourth-order valence-electron chi connectivity index (χ4n) is 4.23. The first-order valence-electron chi connectivity index (χ1n) is 12.2. The highest BCUT2D eigenvalue weighted by Gasteiger charge is 2.35. The lowest BCUT2D eigenvalue weighted by molar-refractivity contribution is -0.141. The second-order valence-corrected chi connectivity index (χ2v) is 9.56.